The third-order valence-corrected chi connectivity index (χ3v) is 7.84. The molecule has 10 heteroatoms. The van der Waals surface area contributed by atoms with Gasteiger partial charge in [-0.3, -0.25) is 9.59 Å². The molecule has 2 aromatic heterocycles. The Morgan fingerprint density at radius 3 is 2.50 bits per heavy atom. The minimum Gasteiger partial charge on any atom is -0.493 e. The lowest BCUT2D eigenvalue weighted by Crippen LogP contribution is -2.41. The lowest BCUT2D eigenvalue weighted by Gasteiger charge is -2.34. The summed E-state index contributed by atoms with van der Waals surface area (Å²) in [6, 6.07) is 13.4. The number of H-pyrrole nitrogens is 1. The van der Waals surface area contributed by atoms with Crippen molar-refractivity contribution in [1.82, 2.24) is 14.7 Å². The summed E-state index contributed by atoms with van der Waals surface area (Å²) in [5, 5.41) is 0. The number of benzene rings is 1. The highest BCUT2D eigenvalue weighted by Crippen LogP contribution is 2.38. The number of nitrogens with one attached hydrogen (secondary N) is 2. The van der Waals surface area contributed by atoms with Crippen LogP contribution < -0.4 is 19.9 Å². The van der Waals surface area contributed by atoms with Crippen LogP contribution in [0.5, 0.6) is 5.75 Å². The van der Waals surface area contributed by atoms with E-state index in [1.807, 2.05) is 24.3 Å². The van der Waals surface area contributed by atoms with Gasteiger partial charge < -0.3 is 14.6 Å². The fourth-order valence-corrected chi connectivity index (χ4v) is 5.81. The average Bonchev–Trinajstić information content (AvgIpc) is 3.14. The molecule has 0 aliphatic carbocycles. The first kappa shape index (κ1) is 27.4. The van der Waals surface area contributed by atoms with Crippen molar-refractivity contribution >= 4 is 21.7 Å². The van der Waals surface area contributed by atoms with Crippen LogP contribution in [-0.4, -0.2) is 43.0 Å². The van der Waals surface area contributed by atoms with Gasteiger partial charge >= 0.3 is 0 Å². The minimum atomic E-state index is -4.40. The van der Waals surface area contributed by atoms with Gasteiger partial charge in [0.25, 0.3) is 21.5 Å². The number of hydrogen-bond acceptors (Lipinski definition) is 7. The molecule has 4 rings (SSSR count). The number of amides is 1. The molecule has 1 aromatic carbocycles. The van der Waals surface area contributed by atoms with Crippen molar-refractivity contribution in [3.8, 4) is 17.0 Å². The van der Waals surface area contributed by atoms with E-state index in [0.29, 0.717) is 36.5 Å². The summed E-state index contributed by atoms with van der Waals surface area (Å²) in [4.78, 5) is 34.1. The normalized spacial score (nSPS) is 17.0. The number of nitrogens with zero attached hydrogens (tertiary/aromatic N) is 2. The molecule has 3 aromatic rings. The summed E-state index contributed by atoms with van der Waals surface area (Å²) in [7, 11) is -4.40. The van der Waals surface area contributed by atoms with Crippen molar-refractivity contribution in [3.05, 3.63) is 70.6 Å². The zero-order valence-electron chi connectivity index (χ0n) is 22.3. The molecule has 0 bridgehead atoms. The van der Waals surface area contributed by atoms with Gasteiger partial charge in [0, 0.05) is 23.8 Å². The molecule has 202 valence electrons. The summed E-state index contributed by atoms with van der Waals surface area (Å²) >= 11 is 0. The Balaban J connectivity index is 1.72. The van der Waals surface area contributed by atoms with E-state index in [0.717, 1.165) is 23.8 Å². The summed E-state index contributed by atoms with van der Waals surface area (Å²) < 4.78 is 33.6. The van der Waals surface area contributed by atoms with E-state index in [-0.39, 0.29) is 11.1 Å². The number of carbonyl (C=O) groups is 1. The lowest BCUT2D eigenvalue weighted by atomic mass is 9.97. The molecule has 0 spiro atoms. The predicted octanol–water partition coefficient (Wildman–Crippen LogP) is 4.22. The van der Waals surface area contributed by atoms with Crippen molar-refractivity contribution < 1.29 is 17.9 Å². The van der Waals surface area contributed by atoms with E-state index in [2.05, 4.69) is 49.2 Å². The molecule has 1 atom stereocenters. The van der Waals surface area contributed by atoms with E-state index < -0.39 is 26.4 Å². The molecule has 38 heavy (non-hydrogen) atoms. The Morgan fingerprint density at radius 2 is 1.89 bits per heavy atom. The zero-order chi connectivity index (χ0) is 27.7. The molecule has 1 amide bonds. The maximum atomic E-state index is 13.3. The van der Waals surface area contributed by atoms with Crippen molar-refractivity contribution in [2.75, 3.05) is 18.1 Å². The first-order valence-corrected chi connectivity index (χ1v) is 14.1. The highest BCUT2D eigenvalue weighted by atomic mass is 32.2. The molecule has 9 nitrogen and oxygen atoms in total. The zero-order valence-corrected chi connectivity index (χ0v) is 23.1. The largest absolute Gasteiger partial charge is 0.493 e. The molecule has 1 fully saturated rings. The summed E-state index contributed by atoms with van der Waals surface area (Å²) in [5.41, 5.74) is 0.484. The minimum absolute atomic E-state index is 0.115. The highest BCUT2D eigenvalue weighted by molar-refractivity contribution is 7.90. The molecule has 3 heterocycles. The quantitative estimate of drug-likeness (QED) is 0.440. The third kappa shape index (κ3) is 5.91. The number of hydrogen-bond donors (Lipinski definition) is 2. The fraction of sp³-hybridized carbons (Fsp3) is 0.393. The predicted molar refractivity (Wildman–Crippen MR) is 147 cm³/mol. The van der Waals surface area contributed by atoms with Crippen molar-refractivity contribution in [3.63, 3.8) is 0 Å². The Hall–Kier alpha value is -3.66. The van der Waals surface area contributed by atoms with E-state index in [1.165, 1.54) is 12.3 Å². The Kier molecular flexibility index (Phi) is 7.64. The van der Waals surface area contributed by atoms with E-state index in [1.54, 1.807) is 12.1 Å². The summed E-state index contributed by atoms with van der Waals surface area (Å²) in [6.45, 7) is 11.7. The van der Waals surface area contributed by atoms with Crippen LogP contribution in [0, 0.1) is 11.8 Å². The van der Waals surface area contributed by atoms with Gasteiger partial charge in [0.2, 0.25) is 0 Å². The maximum absolute atomic E-state index is 13.3. The van der Waals surface area contributed by atoms with Crippen molar-refractivity contribution in [1.29, 1.82) is 0 Å². The van der Waals surface area contributed by atoms with Crippen LogP contribution in [0.15, 0.2) is 64.4 Å². The number of sulfonamides is 1. The molecule has 0 radical (unpaired) electrons. The Bertz CT molecular complexity index is 1480. The van der Waals surface area contributed by atoms with Crippen LogP contribution in [0.3, 0.4) is 0 Å². The number of carbonyl (C=O) groups excluding carboxylic acids is 1. The second-order valence-corrected chi connectivity index (χ2v) is 12.5. The molecular formula is C28H34N4O5S. The SMILES string of the molecule is CC(C)COc1ccc(-c2ccc(C(=O)NS(=O)(=O)c3ccc[nH]c3=O)c(N3C[C@@H](C)CC3(C)C)n2)cc1. The van der Waals surface area contributed by atoms with Gasteiger partial charge in [0.05, 0.1) is 17.9 Å². The summed E-state index contributed by atoms with van der Waals surface area (Å²) in [5.74, 6) is 1.07. The number of pyridine rings is 2. The van der Waals surface area contributed by atoms with E-state index >= 15 is 0 Å². The van der Waals surface area contributed by atoms with E-state index in [9.17, 15) is 18.0 Å². The van der Waals surface area contributed by atoms with Crippen LogP contribution in [0.25, 0.3) is 11.3 Å². The second-order valence-electron chi connectivity index (χ2n) is 10.8. The monoisotopic (exact) mass is 538 g/mol. The molecule has 0 unspecified atom stereocenters. The molecular weight excluding hydrogens is 504 g/mol. The van der Waals surface area contributed by atoms with Gasteiger partial charge in [-0.15, -0.1) is 0 Å². The molecule has 1 aliphatic heterocycles. The Labute approximate surface area is 223 Å². The second kappa shape index (κ2) is 10.6. The smallest absolute Gasteiger partial charge is 0.269 e. The van der Waals surface area contributed by atoms with Crippen LogP contribution in [-0.2, 0) is 10.0 Å². The van der Waals surface area contributed by atoms with Gasteiger partial charge in [-0.1, -0.05) is 20.8 Å². The van der Waals surface area contributed by atoms with Gasteiger partial charge in [0.15, 0.2) is 4.90 Å². The number of ether oxygens (including phenoxy) is 1. The van der Waals surface area contributed by atoms with Crippen LogP contribution in [0.4, 0.5) is 5.82 Å². The first-order chi connectivity index (χ1) is 17.9. The summed E-state index contributed by atoms with van der Waals surface area (Å²) in [6.07, 6.45) is 2.21. The first-order valence-electron chi connectivity index (χ1n) is 12.6. The van der Waals surface area contributed by atoms with Crippen molar-refractivity contribution in [2.45, 2.75) is 51.5 Å². The molecule has 0 saturated carbocycles. The van der Waals surface area contributed by atoms with E-state index in [4.69, 9.17) is 9.72 Å². The topological polar surface area (TPSA) is 121 Å². The van der Waals surface area contributed by atoms with Gasteiger partial charge in [0.1, 0.15) is 11.6 Å². The third-order valence-electron chi connectivity index (χ3n) is 6.48. The maximum Gasteiger partial charge on any atom is 0.269 e. The highest BCUT2D eigenvalue weighted by Gasteiger charge is 2.39. The Morgan fingerprint density at radius 1 is 1.18 bits per heavy atom. The number of aromatic nitrogens is 2. The molecule has 1 saturated heterocycles. The average molecular weight is 539 g/mol. The van der Waals surface area contributed by atoms with Crippen molar-refractivity contribution in [2.24, 2.45) is 11.8 Å². The van der Waals surface area contributed by atoms with Gasteiger partial charge in [-0.05, 0) is 80.6 Å². The number of aromatic amines is 1. The molecule has 2 N–H and O–H groups in total. The number of anilines is 1. The van der Waals surface area contributed by atoms with Gasteiger partial charge in [-0.2, -0.15) is 0 Å². The standard InChI is InChI=1S/C28H34N4O5S/c1-18(2)17-37-21-10-8-20(9-11-21)23-13-12-22(25(30-23)32-16-19(3)15-28(32,4)5)26(33)31-38(35,36)24-7-6-14-29-27(24)34/h6-14,18-19H,15-17H2,1-5H3,(H,29,34)(H,31,33)/t19-/m0/s1. The lowest BCUT2D eigenvalue weighted by molar-refractivity contribution is 0.0981. The number of rotatable bonds is 8. The van der Waals surface area contributed by atoms with Crippen LogP contribution in [0.1, 0.15) is 51.4 Å². The fourth-order valence-electron chi connectivity index (χ4n) is 4.79. The van der Waals surface area contributed by atoms with Crippen LogP contribution >= 0.6 is 0 Å². The molecule has 1 aliphatic rings. The van der Waals surface area contributed by atoms with Crippen LogP contribution in [0.2, 0.25) is 0 Å². The van der Waals surface area contributed by atoms with Gasteiger partial charge in [-0.25, -0.2) is 18.1 Å².